The van der Waals surface area contributed by atoms with Crippen LogP contribution in [0.2, 0.25) is 0 Å². The quantitative estimate of drug-likeness (QED) is 0.143. The maximum absolute atomic E-state index is 12.0. The Hall–Kier alpha value is 0.0864. The zero-order chi connectivity index (χ0) is 27.3. The van der Waals surface area contributed by atoms with Crippen LogP contribution in [0.3, 0.4) is 0 Å². The van der Waals surface area contributed by atoms with E-state index in [4.69, 9.17) is 5.73 Å². The third-order valence-electron chi connectivity index (χ3n) is 7.52. The Morgan fingerprint density at radius 3 is 1.76 bits per heavy atom. The van der Waals surface area contributed by atoms with Crippen molar-refractivity contribution in [2.75, 3.05) is 27.4 Å². The van der Waals surface area contributed by atoms with Gasteiger partial charge in [-0.15, -0.1) is 0 Å². The van der Waals surface area contributed by atoms with Crippen LogP contribution < -0.4 is 83.5 Å². The fourth-order valence-electron chi connectivity index (χ4n) is 5.13. The SMILES string of the molecule is C1CCCCC1.CNC.NC(=O)C(=O)C(CC1CCC1)NC(=O)C1CCCN1.[K+].[O-]CNC1CCCCC1. The molecule has 3 aliphatic carbocycles. The molecule has 4 rings (SSSR count). The maximum atomic E-state index is 12.0. The molecule has 38 heavy (non-hydrogen) atoms. The van der Waals surface area contributed by atoms with Gasteiger partial charge in [-0.3, -0.25) is 14.4 Å². The van der Waals surface area contributed by atoms with Gasteiger partial charge in [-0.25, -0.2) is 0 Å². The molecule has 10 heteroatoms. The van der Waals surface area contributed by atoms with Gasteiger partial charge in [0.05, 0.1) is 12.1 Å². The van der Waals surface area contributed by atoms with Crippen LogP contribution in [0.5, 0.6) is 0 Å². The molecule has 0 spiro atoms. The fourth-order valence-corrected chi connectivity index (χ4v) is 5.13. The largest absolute Gasteiger partial charge is 1.00 e. The molecule has 1 heterocycles. The van der Waals surface area contributed by atoms with E-state index < -0.39 is 17.7 Å². The molecule has 2 amide bonds. The molecule has 0 radical (unpaired) electrons. The van der Waals surface area contributed by atoms with Crippen molar-refractivity contribution in [2.45, 2.75) is 127 Å². The van der Waals surface area contributed by atoms with E-state index in [0.717, 1.165) is 38.6 Å². The van der Waals surface area contributed by atoms with Crippen LogP contribution in [-0.4, -0.2) is 63.1 Å². The number of hydrogen-bond acceptors (Lipinski definition) is 7. The van der Waals surface area contributed by atoms with Crippen LogP contribution in [-0.2, 0) is 14.4 Å². The minimum absolute atomic E-state index is 0. The molecular formula is C28H54KN5O4. The molecule has 2 atom stereocenters. The molecule has 1 saturated heterocycles. The molecule has 4 fully saturated rings. The summed E-state index contributed by atoms with van der Waals surface area (Å²) in [5.74, 6) is -1.43. The minimum atomic E-state index is -0.969. The van der Waals surface area contributed by atoms with Crippen LogP contribution in [0, 0.1) is 5.92 Å². The number of primary amides is 1. The molecule has 3 saturated carbocycles. The number of carbonyl (C=O) groups is 3. The van der Waals surface area contributed by atoms with E-state index >= 15 is 0 Å². The summed E-state index contributed by atoms with van der Waals surface area (Å²) in [4.78, 5) is 34.8. The van der Waals surface area contributed by atoms with Crippen molar-refractivity contribution in [1.82, 2.24) is 21.3 Å². The first-order chi connectivity index (χ1) is 17.9. The van der Waals surface area contributed by atoms with Crippen molar-refractivity contribution in [3.05, 3.63) is 0 Å². The van der Waals surface area contributed by atoms with E-state index in [9.17, 15) is 19.5 Å². The third kappa shape index (κ3) is 17.7. The zero-order valence-electron chi connectivity index (χ0n) is 24.5. The van der Waals surface area contributed by atoms with Gasteiger partial charge in [0.1, 0.15) is 0 Å². The molecule has 1 aliphatic heterocycles. The molecule has 4 aliphatic rings. The van der Waals surface area contributed by atoms with E-state index in [1.165, 1.54) is 70.6 Å². The Kier molecular flexibility index (Phi) is 24.9. The van der Waals surface area contributed by atoms with Crippen molar-refractivity contribution in [2.24, 2.45) is 11.7 Å². The van der Waals surface area contributed by atoms with Crippen molar-refractivity contribution in [3.8, 4) is 0 Å². The van der Waals surface area contributed by atoms with Gasteiger partial charge >= 0.3 is 51.4 Å². The molecule has 216 valence electrons. The first kappa shape index (κ1) is 38.1. The van der Waals surface area contributed by atoms with Crippen molar-refractivity contribution >= 4 is 17.6 Å². The van der Waals surface area contributed by atoms with Gasteiger partial charge in [0, 0.05) is 6.04 Å². The first-order valence-corrected chi connectivity index (χ1v) is 14.7. The second-order valence-corrected chi connectivity index (χ2v) is 10.8. The summed E-state index contributed by atoms with van der Waals surface area (Å²) < 4.78 is 0. The van der Waals surface area contributed by atoms with Gasteiger partial charge in [0.25, 0.3) is 5.91 Å². The normalized spacial score (nSPS) is 21.8. The Labute approximate surface area is 273 Å². The van der Waals surface area contributed by atoms with Gasteiger partial charge < -0.3 is 32.1 Å². The molecule has 2 unspecified atom stereocenters. The number of nitrogens with two attached hydrogens (primary N) is 1. The molecule has 9 nitrogen and oxygen atoms in total. The summed E-state index contributed by atoms with van der Waals surface area (Å²) in [6.45, 7) is 0.708. The molecule has 0 bridgehead atoms. The van der Waals surface area contributed by atoms with Crippen LogP contribution in [0.4, 0.5) is 0 Å². The number of nitrogens with one attached hydrogen (secondary N) is 4. The molecular weight excluding hydrogens is 509 g/mol. The Morgan fingerprint density at radius 2 is 1.37 bits per heavy atom. The number of rotatable bonds is 8. The maximum Gasteiger partial charge on any atom is 1.00 e. The Morgan fingerprint density at radius 1 is 0.842 bits per heavy atom. The number of ketones is 1. The van der Waals surface area contributed by atoms with E-state index in [1.807, 2.05) is 14.1 Å². The van der Waals surface area contributed by atoms with Crippen LogP contribution >= 0.6 is 0 Å². The second kappa shape index (κ2) is 24.8. The van der Waals surface area contributed by atoms with Crippen LogP contribution in [0.25, 0.3) is 0 Å². The summed E-state index contributed by atoms with van der Waals surface area (Å²) in [6, 6.07) is -0.460. The first-order valence-electron chi connectivity index (χ1n) is 14.7. The van der Waals surface area contributed by atoms with Crippen LogP contribution in [0.15, 0.2) is 0 Å². The average Bonchev–Trinajstić information content (AvgIpc) is 3.43. The van der Waals surface area contributed by atoms with E-state index in [1.54, 1.807) is 0 Å². The summed E-state index contributed by atoms with van der Waals surface area (Å²) in [6.07, 6.45) is 20.9. The molecule has 6 N–H and O–H groups in total. The fraction of sp³-hybridized carbons (Fsp3) is 0.893. The Bertz CT molecular complexity index is 606. The summed E-state index contributed by atoms with van der Waals surface area (Å²) in [5.41, 5.74) is 5.05. The molecule has 0 aromatic carbocycles. The van der Waals surface area contributed by atoms with E-state index in [2.05, 4.69) is 21.3 Å². The summed E-state index contributed by atoms with van der Waals surface area (Å²) >= 11 is 0. The smallest absolute Gasteiger partial charge is 0.843 e. The minimum Gasteiger partial charge on any atom is -0.843 e. The molecule has 0 aromatic rings. The monoisotopic (exact) mass is 563 g/mol. The third-order valence-corrected chi connectivity index (χ3v) is 7.52. The van der Waals surface area contributed by atoms with Crippen molar-refractivity contribution in [3.63, 3.8) is 0 Å². The summed E-state index contributed by atoms with van der Waals surface area (Å²) in [5, 5.41) is 21.5. The van der Waals surface area contributed by atoms with E-state index in [-0.39, 0.29) is 70.1 Å². The Balaban J connectivity index is 0.000000595. The van der Waals surface area contributed by atoms with Gasteiger partial charge in [0.2, 0.25) is 11.7 Å². The number of Topliss-reactive ketones (excluding diaryl/α,β-unsaturated/α-hetero) is 1. The summed E-state index contributed by atoms with van der Waals surface area (Å²) in [7, 11) is 3.75. The average molecular weight is 564 g/mol. The topological polar surface area (TPSA) is 148 Å². The molecule has 0 aromatic heterocycles. The van der Waals surface area contributed by atoms with Gasteiger partial charge in [-0.1, -0.05) is 83.8 Å². The standard InChI is InChI=1S/C13H21N3O3.C7H14NO.C6H12.C2H7N.K/c14-12(18)11(17)10(7-8-3-1-4-8)16-13(19)9-5-2-6-15-9;9-6-8-7-4-2-1-3-5-7;1-2-4-6-5-3-1;1-3-2;/h8-10,15H,1-7H2,(H2,14,18)(H,16,19);7-8H,1-6H2;1-6H2;3H,1-2H3;/q;-1;;;+1. The number of amides is 2. The van der Waals surface area contributed by atoms with Crippen LogP contribution in [0.1, 0.15) is 109 Å². The number of carbonyl (C=O) groups excluding carboxylic acids is 3. The predicted octanol–water partition coefficient (Wildman–Crippen LogP) is -1.13. The zero-order valence-corrected chi connectivity index (χ0v) is 27.6. The van der Waals surface area contributed by atoms with Gasteiger partial charge in [-0.05, 0) is 58.7 Å². The van der Waals surface area contributed by atoms with Crippen molar-refractivity contribution in [1.29, 1.82) is 0 Å². The van der Waals surface area contributed by atoms with E-state index in [0.29, 0.717) is 18.4 Å². The number of hydrogen-bond donors (Lipinski definition) is 5. The van der Waals surface area contributed by atoms with Gasteiger partial charge in [0.15, 0.2) is 0 Å². The van der Waals surface area contributed by atoms with Crippen molar-refractivity contribution < 1.29 is 70.9 Å². The second-order valence-electron chi connectivity index (χ2n) is 10.8. The van der Waals surface area contributed by atoms with Gasteiger partial charge in [-0.2, -0.15) is 0 Å². The predicted molar refractivity (Wildman–Crippen MR) is 147 cm³/mol.